The standard InChI is InChI=1S/C16H15N3O2/c1-2-6-12-11-7-3-4-8-13(11)18-14-9-5-10-16(17,15(12)14)19(20)21/h2-5,7-10,18H,1,6,17H2. The second-order valence-corrected chi connectivity index (χ2v) is 5.04. The fourth-order valence-electron chi connectivity index (χ4n) is 2.83. The summed E-state index contributed by atoms with van der Waals surface area (Å²) in [4.78, 5) is 11.1. The van der Waals surface area contributed by atoms with Crippen molar-refractivity contribution in [2.75, 3.05) is 5.32 Å². The van der Waals surface area contributed by atoms with Gasteiger partial charge < -0.3 is 5.32 Å². The Kier molecular flexibility index (Phi) is 2.99. The van der Waals surface area contributed by atoms with E-state index in [1.165, 1.54) is 6.08 Å². The third-order valence-electron chi connectivity index (χ3n) is 3.76. The van der Waals surface area contributed by atoms with Gasteiger partial charge in [-0.3, -0.25) is 15.8 Å². The molecule has 1 aromatic rings. The van der Waals surface area contributed by atoms with Crippen LogP contribution in [-0.2, 0) is 0 Å². The highest BCUT2D eigenvalue weighted by Crippen LogP contribution is 2.43. The first-order chi connectivity index (χ1) is 10.1. The number of hydrogen-bond donors (Lipinski definition) is 2. The van der Waals surface area contributed by atoms with Crippen molar-refractivity contribution < 1.29 is 4.92 Å². The van der Waals surface area contributed by atoms with Crippen LogP contribution >= 0.6 is 0 Å². The fraction of sp³-hybridized carbons (Fsp3) is 0.125. The van der Waals surface area contributed by atoms with E-state index in [9.17, 15) is 10.1 Å². The van der Waals surface area contributed by atoms with E-state index in [0.29, 0.717) is 17.7 Å². The van der Waals surface area contributed by atoms with Crippen molar-refractivity contribution in [2.45, 2.75) is 12.1 Å². The average Bonchev–Trinajstić information content (AvgIpc) is 2.47. The molecule has 5 nitrogen and oxygen atoms in total. The van der Waals surface area contributed by atoms with Gasteiger partial charge in [0.1, 0.15) is 0 Å². The molecule has 1 aromatic carbocycles. The molecule has 1 heterocycles. The zero-order valence-corrected chi connectivity index (χ0v) is 11.4. The van der Waals surface area contributed by atoms with Crippen LogP contribution in [0.3, 0.4) is 0 Å². The Morgan fingerprint density at radius 2 is 2.19 bits per heavy atom. The summed E-state index contributed by atoms with van der Waals surface area (Å²) in [5.41, 5.74) is 8.23. The van der Waals surface area contributed by atoms with Crippen LogP contribution in [-0.4, -0.2) is 10.6 Å². The Bertz CT molecular complexity index is 731. The maximum absolute atomic E-state index is 11.5. The molecule has 0 aromatic heterocycles. The number of nitrogens with two attached hydrogens (primary N) is 1. The van der Waals surface area contributed by atoms with Crippen molar-refractivity contribution in [2.24, 2.45) is 5.73 Å². The molecule has 0 radical (unpaired) electrons. The lowest BCUT2D eigenvalue weighted by Gasteiger charge is -2.33. The van der Waals surface area contributed by atoms with Crippen LogP contribution in [0.5, 0.6) is 0 Å². The number of para-hydroxylation sites is 1. The molecule has 3 rings (SSSR count). The fourth-order valence-corrected chi connectivity index (χ4v) is 2.83. The molecule has 0 saturated carbocycles. The molecule has 0 fully saturated rings. The van der Waals surface area contributed by atoms with Gasteiger partial charge in [0.05, 0.1) is 16.2 Å². The van der Waals surface area contributed by atoms with E-state index >= 15 is 0 Å². The summed E-state index contributed by atoms with van der Waals surface area (Å²) < 4.78 is 0. The van der Waals surface area contributed by atoms with Gasteiger partial charge in [-0.05, 0) is 24.1 Å². The molecule has 1 aliphatic heterocycles. The van der Waals surface area contributed by atoms with Crippen molar-refractivity contribution in [3.05, 3.63) is 82.1 Å². The molecule has 2 aliphatic rings. The quantitative estimate of drug-likeness (QED) is 0.386. The average molecular weight is 281 g/mol. The van der Waals surface area contributed by atoms with E-state index in [-0.39, 0.29) is 0 Å². The summed E-state index contributed by atoms with van der Waals surface area (Å²) in [6, 6.07) is 7.70. The largest absolute Gasteiger partial charge is 0.355 e. The lowest BCUT2D eigenvalue weighted by atomic mass is 9.81. The van der Waals surface area contributed by atoms with Crippen molar-refractivity contribution in [1.82, 2.24) is 0 Å². The molecule has 0 saturated heterocycles. The van der Waals surface area contributed by atoms with Crippen molar-refractivity contribution in [3.63, 3.8) is 0 Å². The number of rotatable bonds is 3. The first-order valence-electron chi connectivity index (χ1n) is 6.62. The number of nitro groups is 1. The Morgan fingerprint density at radius 1 is 1.43 bits per heavy atom. The number of anilines is 1. The van der Waals surface area contributed by atoms with Crippen molar-refractivity contribution in [1.29, 1.82) is 0 Å². The number of nitrogens with zero attached hydrogens (tertiary/aromatic N) is 1. The Labute approximate surface area is 122 Å². The Balaban J connectivity index is 2.32. The van der Waals surface area contributed by atoms with Crippen molar-refractivity contribution in [3.8, 4) is 0 Å². The molecule has 0 spiro atoms. The van der Waals surface area contributed by atoms with E-state index in [1.807, 2.05) is 30.3 Å². The van der Waals surface area contributed by atoms with Gasteiger partial charge in [0.2, 0.25) is 0 Å². The highest BCUT2D eigenvalue weighted by molar-refractivity contribution is 5.88. The van der Waals surface area contributed by atoms with E-state index in [2.05, 4.69) is 11.9 Å². The second kappa shape index (κ2) is 4.71. The third kappa shape index (κ3) is 1.90. The normalized spacial score (nSPS) is 22.8. The lowest BCUT2D eigenvalue weighted by Crippen LogP contribution is -2.50. The van der Waals surface area contributed by atoms with Gasteiger partial charge in [0, 0.05) is 17.3 Å². The third-order valence-corrected chi connectivity index (χ3v) is 3.76. The summed E-state index contributed by atoms with van der Waals surface area (Å²) in [7, 11) is 0. The van der Waals surface area contributed by atoms with Crippen LogP contribution in [0.25, 0.3) is 5.57 Å². The minimum Gasteiger partial charge on any atom is -0.355 e. The molecule has 21 heavy (non-hydrogen) atoms. The monoisotopic (exact) mass is 281 g/mol. The molecule has 1 unspecified atom stereocenters. The number of allylic oxidation sites excluding steroid dienone is 4. The number of hydrogen-bond acceptors (Lipinski definition) is 4. The lowest BCUT2D eigenvalue weighted by molar-refractivity contribution is -0.542. The molecule has 1 atom stereocenters. The van der Waals surface area contributed by atoms with E-state index < -0.39 is 10.6 Å². The minimum absolute atomic E-state index is 0.454. The van der Waals surface area contributed by atoms with Crippen LogP contribution < -0.4 is 11.1 Å². The molecule has 5 heteroatoms. The maximum atomic E-state index is 11.5. The van der Waals surface area contributed by atoms with Gasteiger partial charge in [-0.1, -0.05) is 30.4 Å². The van der Waals surface area contributed by atoms with Crippen LogP contribution in [0.1, 0.15) is 12.0 Å². The van der Waals surface area contributed by atoms with Crippen LogP contribution in [0.15, 0.2) is 66.4 Å². The van der Waals surface area contributed by atoms with Crippen LogP contribution in [0, 0.1) is 10.1 Å². The number of benzene rings is 1. The summed E-state index contributed by atoms with van der Waals surface area (Å²) >= 11 is 0. The summed E-state index contributed by atoms with van der Waals surface area (Å²) in [6.45, 7) is 3.76. The number of fused-ring (bicyclic) bond motifs is 2. The summed E-state index contributed by atoms with van der Waals surface area (Å²) in [6.07, 6.45) is 7.11. The maximum Gasteiger partial charge on any atom is 0.319 e. The minimum atomic E-state index is -1.72. The second-order valence-electron chi connectivity index (χ2n) is 5.04. The first kappa shape index (κ1) is 13.3. The molecule has 1 aliphatic carbocycles. The predicted molar refractivity (Wildman–Crippen MR) is 82.9 cm³/mol. The van der Waals surface area contributed by atoms with Gasteiger partial charge in [-0.2, -0.15) is 0 Å². The van der Waals surface area contributed by atoms with Gasteiger partial charge in [-0.25, -0.2) is 0 Å². The predicted octanol–water partition coefficient (Wildman–Crippen LogP) is 2.83. The smallest absolute Gasteiger partial charge is 0.319 e. The van der Waals surface area contributed by atoms with E-state index in [1.54, 1.807) is 12.2 Å². The van der Waals surface area contributed by atoms with Gasteiger partial charge >= 0.3 is 5.66 Å². The zero-order valence-electron chi connectivity index (χ0n) is 11.4. The summed E-state index contributed by atoms with van der Waals surface area (Å²) in [5.74, 6) is 0. The van der Waals surface area contributed by atoms with E-state index in [4.69, 9.17) is 5.73 Å². The Morgan fingerprint density at radius 3 is 2.90 bits per heavy atom. The van der Waals surface area contributed by atoms with Gasteiger partial charge in [0.25, 0.3) is 0 Å². The van der Waals surface area contributed by atoms with Gasteiger partial charge in [-0.15, -0.1) is 6.58 Å². The number of nitrogens with one attached hydrogen (secondary N) is 1. The molecular weight excluding hydrogens is 266 g/mol. The van der Waals surface area contributed by atoms with Crippen LogP contribution in [0.2, 0.25) is 0 Å². The van der Waals surface area contributed by atoms with Crippen LogP contribution in [0.4, 0.5) is 5.69 Å². The summed E-state index contributed by atoms with van der Waals surface area (Å²) in [5, 5.41) is 14.7. The molecule has 0 bridgehead atoms. The Hall–Kier alpha value is -2.66. The first-order valence-corrected chi connectivity index (χ1v) is 6.62. The molecule has 3 N–H and O–H groups in total. The van der Waals surface area contributed by atoms with Crippen molar-refractivity contribution >= 4 is 11.3 Å². The molecular formula is C16H15N3O2. The topological polar surface area (TPSA) is 81.2 Å². The SMILES string of the molecule is C=CCC1=C2C(=CC=CC2(N)[N+](=O)[O-])Nc2ccccc21. The molecule has 106 valence electrons. The highest BCUT2D eigenvalue weighted by atomic mass is 16.6. The highest BCUT2D eigenvalue weighted by Gasteiger charge is 2.46. The zero-order chi connectivity index (χ0) is 15.0. The van der Waals surface area contributed by atoms with Gasteiger partial charge in [0.15, 0.2) is 0 Å². The van der Waals surface area contributed by atoms with E-state index in [0.717, 1.165) is 16.8 Å². The molecule has 0 amide bonds.